The lowest BCUT2D eigenvalue weighted by Crippen LogP contribution is -2.32. The van der Waals surface area contributed by atoms with E-state index in [9.17, 15) is 4.79 Å². The first kappa shape index (κ1) is 17.4. The average molecular weight is 369 g/mol. The van der Waals surface area contributed by atoms with Crippen LogP contribution in [-0.2, 0) is 17.9 Å². The first-order valence-corrected chi connectivity index (χ1v) is 9.16. The van der Waals surface area contributed by atoms with Gasteiger partial charge in [0.2, 0.25) is 11.9 Å². The summed E-state index contributed by atoms with van der Waals surface area (Å²) < 4.78 is 13.7. The zero-order valence-electron chi connectivity index (χ0n) is 15.4. The van der Waals surface area contributed by atoms with Gasteiger partial charge in [-0.05, 0) is 31.4 Å². The number of guanidine groups is 1. The molecule has 1 aromatic heterocycles. The molecule has 0 atom stereocenters. The number of nitrogens with one attached hydrogen (secondary N) is 1. The van der Waals surface area contributed by atoms with Gasteiger partial charge in [-0.1, -0.05) is 0 Å². The molecule has 8 nitrogen and oxygen atoms in total. The Kier molecular flexibility index (Phi) is 4.95. The Morgan fingerprint density at radius 2 is 2.15 bits per heavy atom. The van der Waals surface area contributed by atoms with E-state index >= 15 is 0 Å². The first-order valence-electron chi connectivity index (χ1n) is 9.16. The molecular weight excluding hydrogens is 346 g/mol. The van der Waals surface area contributed by atoms with Crippen molar-refractivity contribution in [2.24, 2.45) is 4.99 Å². The maximum atomic E-state index is 11.6. The molecule has 1 aromatic carbocycles. The molecule has 0 unspecified atom stereocenters. The molecule has 0 aliphatic carbocycles. The van der Waals surface area contributed by atoms with E-state index in [2.05, 4.69) is 19.9 Å². The predicted octanol–water partition coefficient (Wildman–Crippen LogP) is 2.07. The second kappa shape index (κ2) is 7.69. The van der Waals surface area contributed by atoms with Gasteiger partial charge in [0.15, 0.2) is 11.5 Å². The number of carbonyl (C=O) groups excluding carboxylic acids is 1. The summed E-state index contributed by atoms with van der Waals surface area (Å²) in [6.45, 7) is 2.52. The molecule has 1 N–H and O–H groups in total. The molecule has 2 aliphatic rings. The molecule has 0 radical (unpaired) electrons. The summed E-state index contributed by atoms with van der Waals surface area (Å²) in [4.78, 5) is 22.1. The molecule has 0 bridgehead atoms. The van der Waals surface area contributed by atoms with Crippen molar-refractivity contribution in [1.29, 1.82) is 0 Å². The van der Waals surface area contributed by atoms with E-state index in [1.165, 1.54) is 0 Å². The number of carbonyl (C=O) groups is 1. The van der Waals surface area contributed by atoms with E-state index in [1.54, 1.807) is 13.3 Å². The molecule has 2 aromatic rings. The number of ether oxygens (including phenoxy) is 2. The van der Waals surface area contributed by atoms with Crippen molar-refractivity contribution >= 4 is 17.6 Å². The summed E-state index contributed by atoms with van der Waals surface area (Å²) in [6, 6.07) is 3.81. The third-order valence-corrected chi connectivity index (χ3v) is 4.74. The van der Waals surface area contributed by atoms with Gasteiger partial charge in [-0.2, -0.15) is 0 Å². The zero-order valence-corrected chi connectivity index (χ0v) is 15.4. The SMILES string of the molecule is COc1c(OCCCCCn2ccnc2)ccc2c1CN1CC(=O)NC1=N2. The van der Waals surface area contributed by atoms with Gasteiger partial charge >= 0.3 is 0 Å². The number of fused-ring (bicyclic) bond motifs is 2. The number of amides is 1. The summed E-state index contributed by atoms with van der Waals surface area (Å²) in [5, 5.41) is 2.77. The number of aryl methyl sites for hydroxylation is 1. The third-order valence-electron chi connectivity index (χ3n) is 4.74. The largest absolute Gasteiger partial charge is 0.492 e. The molecule has 4 rings (SSSR count). The Bertz CT molecular complexity index is 847. The van der Waals surface area contributed by atoms with Gasteiger partial charge < -0.3 is 18.9 Å². The van der Waals surface area contributed by atoms with Crippen LogP contribution in [0.2, 0.25) is 0 Å². The Morgan fingerprint density at radius 3 is 2.96 bits per heavy atom. The van der Waals surface area contributed by atoms with Crippen LogP contribution in [0.15, 0.2) is 35.8 Å². The Morgan fingerprint density at radius 1 is 1.22 bits per heavy atom. The monoisotopic (exact) mass is 369 g/mol. The van der Waals surface area contributed by atoms with Crippen LogP contribution in [0.1, 0.15) is 24.8 Å². The van der Waals surface area contributed by atoms with Crippen LogP contribution < -0.4 is 14.8 Å². The standard InChI is InChI=1S/C19H23N5O3/c1-26-18-14-11-24-12-17(25)22-19(24)21-15(14)5-6-16(18)27-10-4-2-3-8-23-9-7-20-13-23/h5-7,9,13H,2-4,8,10-12H2,1H3,(H,21,22,25). The van der Waals surface area contributed by atoms with Crippen LogP contribution in [0.3, 0.4) is 0 Å². The summed E-state index contributed by atoms with van der Waals surface area (Å²) in [7, 11) is 1.64. The molecule has 142 valence electrons. The minimum Gasteiger partial charge on any atom is -0.492 e. The van der Waals surface area contributed by atoms with E-state index in [4.69, 9.17) is 9.47 Å². The lowest BCUT2D eigenvalue weighted by molar-refractivity contribution is -0.118. The van der Waals surface area contributed by atoms with Gasteiger partial charge in [-0.25, -0.2) is 9.98 Å². The maximum absolute atomic E-state index is 11.6. The van der Waals surface area contributed by atoms with E-state index in [0.29, 0.717) is 31.4 Å². The smallest absolute Gasteiger partial charge is 0.246 e. The summed E-state index contributed by atoms with van der Waals surface area (Å²) in [5.74, 6) is 2.00. The number of aliphatic imine (C=N–C) groups is 1. The molecule has 0 spiro atoms. The number of nitrogens with zero attached hydrogens (tertiary/aromatic N) is 4. The van der Waals surface area contributed by atoms with Crippen molar-refractivity contribution in [3.05, 3.63) is 36.4 Å². The van der Waals surface area contributed by atoms with Gasteiger partial charge in [0.05, 0.1) is 32.3 Å². The lowest BCUT2D eigenvalue weighted by atomic mass is 10.1. The molecule has 1 fully saturated rings. The number of hydrogen-bond acceptors (Lipinski definition) is 6. The highest BCUT2D eigenvalue weighted by Crippen LogP contribution is 2.40. The number of aromatic nitrogens is 2. The van der Waals surface area contributed by atoms with Gasteiger partial charge in [0.1, 0.15) is 6.54 Å². The van der Waals surface area contributed by atoms with Crippen molar-refractivity contribution in [3.8, 4) is 11.5 Å². The summed E-state index contributed by atoms with van der Waals surface area (Å²) >= 11 is 0. The molecule has 27 heavy (non-hydrogen) atoms. The van der Waals surface area contributed by atoms with Crippen LogP contribution in [-0.4, -0.2) is 46.6 Å². The number of benzene rings is 1. The van der Waals surface area contributed by atoms with E-state index in [-0.39, 0.29) is 5.91 Å². The number of methoxy groups -OCH3 is 1. The van der Waals surface area contributed by atoms with E-state index < -0.39 is 0 Å². The minimum absolute atomic E-state index is 0.0345. The second-order valence-corrected chi connectivity index (χ2v) is 6.64. The normalized spacial score (nSPS) is 15.1. The third kappa shape index (κ3) is 3.74. The van der Waals surface area contributed by atoms with Crippen LogP contribution in [0.5, 0.6) is 11.5 Å². The Labute approximate surface area is 157 Å². The van der Waals surface area contributed by atoms with Gasteiger partial charge in [-0.3, -0.25) is 10.1 Å². The number of imidazole rings is 1. The highest BCUT2D eigenvalue weighted by Gasteiger charge is 2.31. The van der Waals surface area contributed by atoms with Crippen molar-refractivity contribution in [3.63, 3.8) is 0 Å². The van der Waals surface area contributed by atoms with Crippen molar-refractivity contribution in [2.45, 2.75) is 32.4 Å². The van der Waals surface area contributed by atoms with Gasteiger partial charge in [-0.15, -0.1) is 0 Å². The summed E-state index contributed by atoms with van der Waals surface area (Å²) in [5.41, 5.74) is 1.77. The average Bonchev–Trinajstić information content (AvgIpc) is 3.30. The quantitative estimate of drug-likeness (QED) is 0.721. The van der Waals surface area contributed by atoms with Gasteiger partial charge in [0.25, 0.3) is 0 Å². The molecule has 2 aliphatic heterocycles. The fourth-order valence-electron chi connectivity index (χ4n) is 3.39. The predicted molar refractivity (Wildman–Crippen MR) is 100 cm³/mol. The molecule has 3 heterocycles. The number of rotatable bonds is 8. The fourth-order valence-corrected chi connectivity index (χ4v) is 3.39. The molecule has 0 saturated carbocycles. The molecular formula is C19H23N5O3. The lowest BCUT2D eigenvalue weighted by Gasteiger charge is -2.25. The zero-order chi connectivity index (χ0) is 18.6. The highest BCUT2D eigenvalue weighted by molar-refractivity contribution is 6.06. The first-order chi connectivity index (χ1) is 13.2. The van der Waals surface area contributed by atoms with E-state index in [0.717, 1.165) is 42.8 Å². The molecule has 8 heteroatoms. The fraction of sp³-hybridized carbons (Fsp3) is 0.421. The van der Waals surface area contributed by atoms with Crippen molar-refractivity contribution in [1.82, 2.24) is 19.8 Å². The Hall–Kier alpha value is -3.03. The summed E-state index contributed by atoms with van der Waals surface area (Å²) in [6.07, 6.45) is 8.77. The van der Waals surface area contributed by atoms with Crippen LogP contribution in [0, 0.1) is 0 Å². The van der Waals surface area contributed by atoms with Crippen LogP contribution >= 0.6 is 0 Å². The highest BCUT2D eigenvalue weighted by atomic mass is 16.5. The minimum atomic E-state index is -0.0345. The molecule has 1 saturated heterocycles. The Balaban J connectivity index is 1.34. The van der Waals surface area contributed by atoms with Crippen molar-refractivity contribution < 1.29 is 14.3 Å². The topological polar surface area (TPSA) is 81.0 Å². The van der Waals surface area contributed by atoms with Crippen LogP contribution in [0.25, 0.3) is 0 Å². The number of unbranched alkanes of at least 4 members (excludes halogenated alkanes) is 2. The second-order valence-electron chi connectivity index (χ2n) is 6.64. The van der Waals surface area contributed by atoms with E-state index in [1.807, 2.05) is 29.6 Å². The van der Waals surface area contributed by atoms with Crippen molar-refractivity contribution in [2.75, 3.05) is 20.3 Å². The maximum Gasteiger partial charge on any atom is 0.246 e. The van der Waals surface area contributed by atoms with Gasteiger partial charge in [0, 0.05) is 24.5 Å². The molecule has 1 amide bonds. The number of hydrogen-bond donors (Lipinski definition) is 1. The van der Waals surface area contributed by atoms with Crippen LogP contribution in [0.4, 0.5) is 5.69 Å².